The smallest absolute Gasteiger partial charge is 0.349 e. The average molecular weight is 319 g/mol. The molecule has 8 heteroatoms. The van der Waals surface area contributed by atoms with E-state index in [1.807, 2.05) is 0 Å². The molecule has 0 aromatic carbocycles. The molecule has 1 aliphatic heterocycles. The first kappa shape index (κ1) is 14.5. The van der Waals surface area contributed by atoms with Gasteiger partial charge in [0.1, 0.15) is 15.6 Å². The van der Waals surface area contributed by atoms with Gasteiger partial charge in [-0.1, -0.05) is 0 Å². The largest absolute Gasteiger partial charge is 0.479 e. The van der Waals surface area contributed by atoms with Crippen LogP contribution >= 0.6 is 11.3 Å². The highest BCUT2D eigenvalue weighted by atomic mass is 32.1. The molecule has 1 N–H and O–H groups in total. The van der Waals surface area contributed by atoms with Gasteiger partial charge < -0.3 is 14.8 Å². The van der Waals surface area contributed by atoms with E-state index in [0.717, 1.165) is 0 Å². The molecular weight excluding hydrogens is 306 g/mol. The van der Waals surface area contributed by atoms with Crippen molar-refractivity contribution >= 4 is 23.2 Å². The van der Waals surface area contributed by atoms with Gasteiger partial charge in [0, 0.05) is 13.0 Å². The summed E-state index contributed by atoms with van der Waals surface area (Å²) >= 11 is 1.20. The molecule has 0 saturated carbocycles. The zero-order chi connectivity index (χ0) is 15.5. The number of esters is 1. The third-order valence-electron chi connectivity index (χ3n) is 3.12. The fraction of sp³-hybridized carbons (Fsp3) is 0.286. The summed E-state index contributed by atoms with van der Waals surface area (Å²) < 4.78 is 10.2. The van der Waals surface area contributed by atoms with Crippen LogP contribution in [0.5, 0.6) is 5.75 Å². The predicted molar refractivity (Wildman–Crippen MR) is 78.7 cm³/mol. The number of hydrogen-bond acceptors (Lipinski definition) is 7. The Kier molecular flexibility index (Phi) is 4.01. The minimum atomic E-state index is -0.460. The number of amides is 1. The molecule has 0 unspecified atom stereocenters. The van der Waals surface area contributed by atoms with Crippen LogP contribution < -0.4 is 10.1 Å². The Morgan fingerprint density at radius 2 is 2.23 bits per heavy atom. The van der Waals surface area contributed by atoms with E-state index in [0.29, 0.717) is 34.3 Å². The van der Waals surface area contributed by atoms with Crippen LogP contribution in [-0.2, 0) is 9.53 Å². The molecule has 1 amide bonds. The number of carbonyl (C=O) groups excluding carboxylic acids is 2. The number of hydrogen-bond donors (Lipinski definition) is 1. The Balaban J connectivity index is 1.72. The lowest BCUT2D eigenvalue weighted by Gasteiger charge is -2.10. The quantitative estimate of drug-likeness (QED) is 0.853. The Morgan fingerprint density at radius 1 is 1.36 bits per heavy atom. The minimum absolute atomic E-state index is 0.105. The van der Waals surface area contributed by atoms with Gasteiger partial charge in [-0.2, -0.15) is 0 Å². The van der Waals surface area contributed by atoms with E-state index < -0.39 is 12.1 Å². The molecule has 1 aliphatic rings. The van der Waals surface area contributed by atoms with E-state index in [1.165, 1.54) is 24.6 Å². The third kappa shape index (κ3) is 2.91. The van der Waals surface area contributed by atoms with Gasteiger partial charge in [-0.05, 0) is 12.1 Å². The second-order valence-corrected chi connectivity index (χ2v) is 5.62. The summed E-state index contributed by atoms with van der Waals surface area (Å²) in [5, 5.41) is 3.33. The van der Waals surface area contributed by atoms with Crippen molar-refractivity contribution in [3.8, 4) is 16.5 Å². The van der Waals surface area contributed by atoms with E-state index in [2.05, 4.69) is 20.0 Å². The normalized spacial score (nSPS) is 17.1. The van der Waals surface area contributed by atoms with Crippen molar-refractivity contribution in [3.63, 3.8) is 0 Å². The van der Waals surface area contributed by atoms with Crippen LogP contribution in [0.1, 0.15) is 16.1 Å². The zero-order valence-electron chi connectivity index (χ0n) is 11.7. The van der Waals surface area contributed by atoms with Crippen molar-refractivity contribution < 1.29 is 19.1 Å². The van der Waals surface area contributed by atoms with Gasteiger partial charge in [0.05, 0.1) is 25.2 Å². The maximum atomic E-state index is 11.5. The Morgan fingerprint density at radius 3 is 2.86 bits per heavy atom. The van der Waals surface area contributed by atoms with Gasteiger partial charge in [-0.25, -0.2) is 14.8 Å². The number of ether oxygens (including phenoxy) is 2. The van der Waals surface area contributed by atoms with Gasteiger partial charge in [0.15, 0.2) is 6.10 Å². The Hall–Kier alpha value is -2.48. The fourth-order valence-electron chi connectivity index (χ4n) is 2.01. The van der Waals surface area contributed by atoms with Crippen molar-refractivity contribution in [1.82, 2.24) is 15.3 Å². The fourth-order valence-corrected chi connectivity index (χ4v) is 2.82. The van der Waals surface area contributed by atoms with E-state index in [-0.39, 0.29) is 5.91 Å². The molecule has 0 aliphatic carbocycles. The molecule has 1 atom stereocenters. The Labute approximate surface area is 130 Å². The minimum Gasteiger partial charge on any atom is -0.479 e. The second kappa shape index (κ2) is 6.10. The van der Waals surface area contributed by atoms with Gasteiger partial charge in [-0.3, -0.25) is 4.79 Å². The molecular formula is C14H13N3O4S. The van der Waals surface area contributed by atoms with Crippen LogP contribution in [0.25, 0.3) is 10.7 Å². The summed E-state index contributed by atoms with van der Waals surface area (Å²) in [6.07, 6.45) is 3.19. The van der Waals surface area contributed by atoms with Crippen LogP contribution in [0.3, 0.4) is 0 Å². The van der Waals surface area contributed by atoms with Gasteiger partial charge in [0.25, 0.3) is 5.91 Å². The molecule has 0 bridgehead atoms. The number of thiazole rings is 1. The highest BCUT2D eigenvalue weighted by Crippen LogP contribution is 2.25. The lowest BCUT2D eigenvalue weighted by Crippen LogP contribution is -2.27. The van der Waals surface area contributed by atoms with Gasteiger partial charge >= 0.3 is 5.97 Å². The maximum absolute atomic E-state index is 11.5. The van der Waals surface area contributed by atoms with Crippen LogP contribution in [0, 0.1) is 0 Å². The van der Waals surface area contributed by atoms with Crippen molar-refractivity contribution in [2.75, 3.05) is 13.7 Å². The van der Waals surface area contributed by atoms with Gasteiger partial charge in [-0.15, -0.1) is 11.3 Å². The summed E-state index contributed by atoms with van der Waals surface area (Å²) in [5.74, 6) is -0.00165. The summed E-state index contributed by atoms with van der Waals surface area (Å²) in [5.41, 5.74) is 0.628. The average Bonchev–Trinajstić information content (AvgIpc) is 3.17. The van der Waals surface area contributed by atoms with Crippen LogP contribution in [0.4, 0.5) is 0 Å². The number of methoxy groups -OCH3 is 1. The van der Waals surface area contributed by atoms with Crippen molar-refractivity contribution in [2.45, 2.75) is 12.5 Å². The molecule has 22 heavy (non-hydrogen) atoms. The van der Waals surface area contributed by atoms with E-state index >= 15 is 0 Å². The standard InChI is InChI=1S/C14H13N3O4S/c1-20-14(19)11-7-17-13(22-11)9-3-2-8(6-16-9)21-10-4-5-15-12(10)18/h2-3,6-7,10H,4-5H2,1H3,(H,15,18)/t10-/m1/s1. The molecule has 7 nitrogen and oxygen atoms in total. The first-order chi connectivity index (χ1) is 10.7. The molecule has 3 rings (SSSR count). The molecule has 3 heterocycles. The molecule has 1 saturated heterocycles. The number of nitrogens with zero attached hydrogens (tertiary/aromatic N) is 2. The lowest BCUT2D eigenvalue weighted by molar-refractivity contribution is -0.124. The van der Waals surface area contributed by atoms with Crippen molar-refractivity contribution in [2.24, 2.45) is 0 Å². The van der Waals surface area contributed by atoms with E-state index in [1.54, 1.807) is 18.3 Å². The number of rotatable bonds is 4. The lowest BCUT2D eigenvalue weighted by atomic mass is 10.3. The molecule has 2 aromatic rings. The summed E-state index contributed by atoms with van der Waals surface area (Å²) in [7, 11) is 1.32. The van der Waals surface area contributed by atoms with Gasteiger partial charge in [0.2, 0.25) is 0 Å². The van der Waals surface area contributed by atoms with Crippen molar-refractivity contribution in [1.29, 1.82) is 0 Å². The molecule has 1 fully saturated rings. The highest BCUT2D eigenvalue weighted by molar-refractivity contribution is 7.16. The topological polar surface area (TPSA) is 90.4 Å². The molecule has 0 radical (unpaired) electrons. The van der Waals surface area contributed by atoms with E-state index in [4.69, 9.17) is 4.74 Å². The van der Waals surface area contributed by atoms with Crippen LogP contribution in [0.15, 0.2) is 24.5 Å². The molecule has 114 valence electrons. The number of nitrogens with one attached hydrogen (secondary N) is 1. The maximum Gasteiger partial charge on any atom is 0.349 e. The van der Waals surface area contributed by atoms with Crippen LogP contribution in [0.2, 0.25) is 0 Å². The van der Waals surface area contributed by atoms with E-state index in [9.17, 15) is 9.59 Å². The highest BCUT2D eigenvalue weighted by Gasteiger charge is 2.25. The monoisotopic (exact) mass is 319 g/mol. The Bertz CT molecular complexity index is 698. The second-order valence-electron chi connectivity index (χ2n) is 4.59. The number of carbonyl (C=O) groups is 2. The predicted octanol–water partition coefficient (Wildman–Crippen LogP) is 1.26. The zero-order valence-corrected chi connectivity index (χ0v) is 12.6. The molecule has 0 spiro atoms. The SMILES string of the molecule is COC(=O)c1cnc(-c2ccc(O[C@@H]3CCNC3=O)cn2)s1. The van der Waals surface area contributed by atoms with Crippen molar-refractivity contribution in [3.05, 3.63) is 29.4 Å². The number of aromatic nitrogens is 2. The summed E-state index contributed by atoms with van der Waals surface area (Å²) in [6, 6.07) is 3.47. The summed E-state index contributed by atoms with van der Waals surface area (Å²) in [4.78, 5) is 31.7. The third-order valence-corrected chi connectivity index (χ3v) is 4.12. The summed E-state index contributed by atoms with van der Waals surface area (Å²) in [6.45, 7) is 0.629. The first-order valence-corrected chi connectivity index (χ1v) is 7.44. The number of pyridine rings is 1. The first-order valence-electron chi connectivity index (χ1n) is 6.62. The molecule has 2 aromatic heterocycles. The van der Waals surface area contributed by atoms with Crippen LogP contribution in [-0.4, -0.2) is 41.6 Å².